The van der Waals surface area contributed by atoms with Gasteiger partial charge in [-0.3, -0.25) is 9.59 Å². The van der Waals surface area contributed by atoms with Crippen molar-refractivity contribution in [2.24, 2.45) is 0 Å². The molecule has 2 heterocycles. The van der Waals surface area contributed by atoms with Gasteiger partial charge >= 0.3 is 0 Å². The molecule has 1 fully saturated rings. The molecular formula is C24H29N3O5. The third kappa shape index (κ3) is 5.38. The molecule has 0 saturated carbocycles. The molecule has 0 spiro atoms. The Kier molecular flexibility index (Phi) is 6.92. The summed E-state index contributed by atoms with van der Waals surface area (Å²) in [5.74, 6) is 1.15. The molecule has 2 atom stereocenters. The van der Waals surface area contributed by atoms with Crippen LogP contribution in [0.2, 0.25) is 0 Å². The number of likely N-dealkylation sites (N-methyl/N-ethyl adjacent to an activating group) is 1. The minimum atomic E-state index is -0.290. The van der Waals surface area contributed by atoms with E-state index < -0.39 is 0 Å². The van der Waals surface area contributed by atoms with Crippen molar-refractivity contribution >= 4 is 11.8 Å². The fourth-order valence-electron chi connectivity index (χ4n) is 3.98. The second-order valence-electron chi connectivity index (χ2n) is 8.05. The highest BCUT2D eigenvalue weighted by molar-refractivity contribution is 5.97. The zero-order chi connectivity index (χ0) is 22.5. The smallest absolute Gasteiger partial charge is 0.254 e. The van der Waals surface area contributed by atoms with Gasteiger partial charge in [0.25, 0.3) is 5.91 Å². The molecule has 32 heavy (non-hydrogen) atoms. The van der Waals surface area contributed by atoms with Gasteiger partial charge in [0.1, 0.15) is 17.2 Å². The summed E-state index contributed by atoms with van der Waals surface area (Å²) < 4.78 is 17.9. The minimum Gasteiger partial charge on any atom is -0.494 e. The van der Waals surface area contributed by atoms with E-state index in [1.807, 2.05) is 31.2 Å². The first-order valence-corrected chi connectivity index (χ1v) is 10.9. The summed E-state index contributed by atoms with van der Waals surface area (Å²) >= 11 is 0. The predicted molar refractivity (Wildman–Crippen MR) is 119 cm³/mol. The van der Waals surface area contributed by atoms with E-state index in [2.05, 4.69) is 10.6 Å². The maximum absolute atomic E-state index is 13.1. The van der Waals surface area contributed by atoms with E-state index in [9.17, 15) is 9.59 Å². The maximum atomic E-state index is 13.1. The van der Waals surface area contributed by atoms with E-state index >= 15 is 0 Å². The van der Waals surface area contributed by atoms with Crippen molar-refractivity contribution in [3.05, 3.63) is 53.6 Å². The van der Waals surface area contributed by atoms with Crippen LogP contribution in [0.15, 0.2) is 42.5 Å². The lowest BCUT2D eigenvalue weighted by atomic mass is 10.0. The first kappa shape index (κ1) is 22.1. The van der Waals surface area contributed by atoms with E-state index in [1.165, 1.54) is 4.90 Å². The largest absolute Gasteiger partial charge is 0.494 e. The summed E-state index contributed by atoms with van der Waals surface area (Å²) in [5.41, 5.74) is 1.36. The fourth-order valence-corrected chi connectivity index (χ4v) is 3.98. The van der Waals surface area contributed by atoms with Gasteiger partial charge in [-0.05, 0) is 49.7 Å². The minimum absolute atomic E-state index is 0.0594. The quantitative estimate of drug-likeness (QED) is 0.747. The summed E-state index contributed by atoms with van der Waals surface area (Å²) in [7, 11) is 1.61. The number of nitrogens with one attached hydrogen (secondary N) is 2. The van der Waals surface area contributed by atoms with Crippen molar-refractivity contribution in [1.82, 2.24) is 15.5 Å². The number of carbonyl (C=O) groups excluding carboxylic acids is 2. The molecule has 4 bridgehead atoms. The van der Waals surface area contributed by atoms with Crippen LogP contribution in [0, 0.1) is 0 Å². The highest BCUT2D eigenvalue weighted by atomic mass is 16.5. The van der Waals surface area contributed by atoms with E-state index in [0.717, 1.165) is 18.5 Å². The van der Waals surface area contributed by atoms with Crippen molar-refractivity contribution in [3.63, 3.8) is 0 Å². The molecule has 2 N–H and O–H groups in total. The lowest BCUT2D eigenvalue weighted by molar-refractivity contribution is -0.124. The van der Waals surface area contributed by atoms with Gasteiger partial charge in [-0.15, -0.1) is 0 Å². The molecular weight excluding hydrogens is 410 g/mol. The topological polar surface area (TPSA) is 89.1 Å². The fraction of sp³-hybridized carbons (Fsp3) is 0.417. The second kappa shape index (κ2) is 10.0. The first-order chi connectivity index (χ1) is 15.5. The summed E-state index contributed by atoms with van der Waals surface area (Å²) in [6.45, 7) is 4.14. The summed E-state index contributed by atoms with van der Waals surface area (Å²) in [4.78, 5) is 27.1. The highest BCUT2D eigenvalue weighted by Crippen LogP contribution is 2.29. The van der Waals surface area contributed by atoms with E-state index in [-0.39, 0.29) is 30.5 Å². The molecule has 0 radical (unpaired) electrons. The van der Waals surface area contributed by atoms with Gasteiger partial charge in [0.15, 0.2) is 0 Å². The Balaban J connectivity index is 1.68. The van der Waals surface area contributed by atoms with Crippen molar-refractivity contribution in [3.8, 4) is 17.2 Å². The van der Waals surface area contributed by atoms with Crippen LogP contribution in [0.1, 0.15) is 29.3 Å². The number of fused-ring (bicyclic) bond motifs is 5. The molecule has 2 aromatic carbocycles. The van der Waals surface area contributed by atoms with E-state index in [0.29, 0.717) is 42.6 Å². The van der Waals surface area contributed by atoms with Gasteiger partial charge in [-0.1, -0.05) is 12.1 Å². The van der Waals surface area contributed by atoms with Gasteiger partial charge < -0.3 is 29.7 Å². The van der Waals surface area contributed by atoms with Crippen LogP contribution in [0.25, 0.3) is 0 Å². The van der Waals surface area contributed by atoms with Crippen LogP contribution >= 0.6 is 0 Å². The number of piperidine rings is 1. The number of hydrogen-bond acceptors (Lipinski definition) is 6. The van der Waals surface area contributed by atoms with Crippen molar-refractivity contribution in [2.45, 2.75) is 32.1 Å². The molecule has 0 unspecified atom stereocenters. The molecule has 2 aromatic rings. The van der Waals surface area contributed by atoms with Crippen LogP contribution in [-0.2, 0) is 16.1 Å². The molecule has 4 rings (SSSR count). The predicted octanol–water partition coefficient (Wildman–Crippen LogP) is 2.33. The SMILES string of the molecule is CCOc1cc2cc(c1)C(=O)N(C)CC(=O)N[C@H]1CNCC[C@H]1OCc1cccc(c1)O2. The van der Waals surface area contributed by atoms with Crippen LogP contribution in [0.4, 0.5) is 0 Å². The Labute approximate surface area is 187 Å². The van der Waals surface area contributed by atoms with Gasteiger partial charge in [0.05, 0.1) is 31.9 Å². The van der Waals surface area contributed by atoms with Crippen LogP contribution in [-0.4, -0.2) is 62.1 Å². The summed E-state index contributed by atoms with van der Waals surface area (Å²) in [5, 5.41) is 6.32. The summed E-state index contributed by atoms with van der Waals surface area (Å²) in [6, 6.07) is 12.6. The Morgan fingerprint density at radius 2 is 2.03 bits per heavy atom. The lowest BCUT2D eigenvalue weighted by Gasteiger charge is -2.33. The average Bonchev–Trinajstić information content (AvgIpc) is 2.77. The molecule has 0 aromatic heterocycles. The number of benzene rings is 2. The number of amides is 2. The third-order valence-electron chi connectivity index (χ3n) is 5.53. The molecule has 170 valence electrons. The monoisotopic (exact) mass is 439 g/mol. The molecule has 1 saturated heterocycles. The number of carbonyl (C=O) groups is 2. The van der Waals surface area contributed by atoms with Gasteiger partial charge in [-0.25, -0.2) is 0 Å². The molecule has 0 aliphatic carbocycles. The standard InChI is InChI=1S/C24H29N3O5/c1-3-30-19-10-17-11-20(12-19)32-18-6-4-5-16(9-18)15-31-22-7-8-25-13-21(22)26-23(28)14-27(2)24(17)29/h4-6,9-12,21-22,25H,3,7-8,13-15H2,1-2H3,(H,26,28)/t21-,22+/m0/s1. The zero-order valence-corrected chi connectivity index (χ0v) is 18.4. The van der Waals surface area contributed by atoms with Crippen molar-refractivity contribution in [1.29, 1.82) is 0 Å². The molecule has 8 nitrogen and oxygen atoms in total. The van der Waals surface area contributed by atoms with E-state index in [1.54, 1.807) is 25.2 Å². The van der Waals surface area contributed by atoms with Gasteiger partial charge in [0, 0.05) is 25.2 Å². The summed E-state index contributed by atoms with van der Waals surface area (Å²) in [6.07, 6.45) is 0.681. The number of hydrogen-bond donors (Lipinski definition) is 2. The number of nitrogens with zero attached hydrogens (tertiary/aromatic N) is 1. The average molecular weight is 440 g/mol. The molecule has 2 aliphatic rings. The second-order valence-corrected chi connectivity index (χ2v) is 8.05. The normalized spacial score (nSPS) is 21.9. The Hall–Kier alpha value is -3.10. The van der Waals surface area contributed by atoms with Gasteiger partial charge in [-0.2, -0.15) is 0 Å². The van der Waals surface area contributed by atoms with Crippen molar-refractivity contribution in [2.75, 3.05) is 33.3 Å². The van der Waals surface area contributed by atoms with Crippen LogP contribution in [0.5, 0.6) is 17.2 Å². The Bertz CT molecular complexity index is 980. The maximum Gasteiger partial charge on any atom is 0.254 e. The lowest BCUT2D eigenvalue weighted by Crippen LogP contribution is -2.56. The first-order valence-electron chi connectivity index (χ1n) is 10.9. The zero-order valence-electron chi connectivity index (χ0n) is 18.4. The molecule has 2 aliphatic heterocycles. The highest BCUT2D eigenvalue weighted by Gasteiger charge is 2.28. The van der Waals surface area contributed by atoms with E-state index in [4.69, 9.17) is 14.2 Å². The van der Waals surface area contributed by atoms with Crippen molar-refractivity contribution < 1.29 is 23.8 Å². The Morgan fingerprint density at radius 1 is 1.16 bits per heavy atom. The Morgan fingerprint density at radius 3 is 2.88 bits per heavy atom. The molecule has 8 heteroatoms. The number of ether oxygens (including phenoxy) is 3. The molecule has 2 amide bonds. The number of rotatable bonds is 2. The van der Waals surface area contributed by atoms with Crippen LogP contribution in [0.3, 0.4) is 0 Å². The third-order valence-corrected chi connectivity index (χ3v) is 5.53. The van der Waals surface area contributed by atoms with Crippen LogP contribution < -0.4 is 20.1 Å². The van der Waals surface area contributed by atoms with Gasteiger partial charge in [0.2, 0.25) is 5.91 Å².